The Balaban J connectivity index is 1.64. The topological polar surface area (TPSA) is 57.5 Å². The maximum atomic E-state index is 6.70. The van der Waals surface area contributed by atoms with Crippen LogP contribution in [0.3, 0.4) is 0 Å². The fourth-order valence-corrected chi connectivity index (χ4v) is 3.50. The van der Waals surface area contributed by atoms with Gasteiger partial charge in [0.25, 0.3) is 0 Å². The van der Waals surface area contributed by atoms with E-state index in [1.165, 1.54) is 16.7 Å². The number of nitrogens with one attached hydrogen (secondary N) is 2. The highest BCUT2D eigenvalue weighted by Gasteiger charge is 2.25. The summed E-state index contributed by atoms with van der Waals surface area (Å²) in [6, 6.07) is 16.5. The molecule has 1 aliphatic heterocycles. The third kappa shape index (κ3) is 3.41. The van der Waals surface area contributed by atoms with Gasteiger partial charge in [0, 0.05) is 0 Å². The van der Waals surface area contributed by atoms with Crippen LogP contribution in [0, 0.1) is 6.92 Å². The average Bonchev–Trinajstić information content (AvgIpc) is 3.28. The summed E-state index contributed by atoms with van der Waals surface area (Å²) >= 11 is 6.70. The number of rotatable bonds is 5. The van der Waals surface area contributed by atoms with Crippen molar-refractivity contribution in [2.45, 2.75) is 26.8 Å². The van der Waals surface area contributed by atoms with Crippen LogP contribution in [0.5, 0.6) is 0 Å². The van der Waals surface area contributed by atoms with Gasteiger partial charge in [0.2, 0.25) is 0 Å². The van der Waals surface area contributed by atoms with E-state index < -0.39 is 0 Å². The maximum absolute atomic E-state index is 6.70. The summed E-state index contributed by atoms with van der Waals surface area (Å²) in [4.78, 5) is 0. The summed E-state index contributed by atoms with van der Waals surface area (Å²) in [5, 5.41) is 11.3. The molecule has 1 aromatic heterocycles. The number of hydrogen-bond acceptors (Lipinski definition) is 5. The fourth-order valence-electron chi connectivity index (χ4n) is 3.23. The third-order valence-corrected chi connectivity index (χ3v) is 4.94. The molecule has 2 N–H and O–H groups in total. The second kappa shape index (κ2) is 7.42. The van der Waals surface area contributed by atoms with E-state index in [1.807, 2.05) is 23.2 Å². The SMILES string of the molecule is CCc1ccccc1-n1ncc(C2=NNNN2Cc2cccc(C)c2)c1Cl. The Morgan fingerprint density at radius 3 is 2.78 bits per heavy atom. The molecule has 0 saturated heterocycles. The van der Waals surface area contributed by atoms with Gasteiger partial charge >= 0.3 is 0 Å². The largest absolute Gasteiger partial charge is 0.266 e. The summed E-state index contributed by atoms with van der Waals surface area (Å²) in [6.45, 7) is 4.86. The van der Waals surface area contributed by atoms with Crippen molar-refractivity contribution in [3.63, 3.8) is 0 Å². The Morgan fingerprint density at radius 1 is 1.11 bits per heavy atom. The van der Waals surface area contributed by atoms with E-state index in [1.54, 1.807) is 10.9 Å². The van der Waals surface area contributed by atoms with Crippen LogP contribution < -0.4 is 11.1 Å². The van der Waals surface area contributed by atoms with Crippen LogP contribution in [0.2, 0.25) is 5.15 Å². The molecule has 0 unspecified atom stereocenters. The number of aromatic nitrogens is 2. The molecule has 2 heterocycles. The van der Waals surface area contributed by atoms with E-state index in [9.17, 15) is 0 Å². The summed E-state index contributed by atoms with van der Waals surface area (Å²) in [7, 11) is 0. The molecular formula is C20H21ClN6. The van der Waals surface area contributed by atoms with Gasteiger partial charge in [0.05, 0.1) is 24.0 Å². The van der Waals surface area contributed by atoms with E-state index in [0.29, 0.717) is 17.5 Å². The minimum Gasteiger partial charge on any atom is -0.266 e. The predicted octanol–water partition coefficient (Wildman–Crippen LogP) is 3.58. The highest BCUT2D eigenvalue weighted by Crippen LogP contribution is 2.25. The molecule has 138 valence electrons. The molecule has 0 spiro atoms. The second-order valence-corrected chi connectivity index (χ2v) is 6.84. The number of hydrazone groups is 1. The molecule has 0 radical (unpaired) electrons. The average molecular weight is 381 g/mol. The molecule has 4 rings (SSSR count). The van der Waals surface area contributed by atoms with E-state index in [2.05, 4.69) is 65.4 Å². The lowest BCUT2D eigenvalue weighted by molar-refractivity contribution is 0.288. The molecule has 6 nitrogen and oxygen atoms in total. The molecule has 0 amide bonds. The van der Waals surface area contributed by atoms with Crippen molar-refractivity contribution in [1.29, 1.82) is 0 Å². The van der Waals surface area contributed by atoms with E-state index in [4.69, 9.17) is 11.6 Å². The first-order valence-corrected chi connectivity index (χ1v) is 9.28. The van der Waals surface area contributed by atoms with Gasteiger partial charge in [0.15, 0.2) is 5.84 Å². The molecule has 0 fully saturated rings. The zero-order valence-corrected chi connectivity index (χ0v) is 16.0. The molecule has 27 heavy (non-hydrogen) atoms. The second-order valence-electron chi connectivity index (χ2n) is 6.48. The smallest absolute Gasteiger partial charge is 0.178 e. The Bertz CT molecular complexity index is 994. The first-order chi connectivity index (χ1) is 13.2. The monoisotopic (exact) mass is 380 g/mol. The lowest BCUT2D eigenvalue weighted by Crippen LogP contribution is -2.40. The molecule has 3 aromatic rings. The van der Waals surface area contributed by atoms with Crippen LogP contribution in [-0.4, -0.2) is 20.6 Å². The lowest BCUT2D eigenvalue weighted by Gasteiger charge is -2.19. The molecule has 0 saturated carbocycles. The number of para-hydroxylation sites is 1. The van der Waals surface area contributed by atoms with Gasteiger partial charge in [-0.1, -0.05) is 66.6 Å². The number of hydrazine groups is 2. The van der Waals surface area contributed by atoms with Crippen molar-refractivity contribution in [2.75, 3.05) is 0 Å². The predicted molar refractivity (Wildman–Crippen MR) is 107 cm³/mol. The first kappa shape index (κ1) is 17.6. The van der Waals surface area contributed by atoms with Gasteiger partial charge in [-0.3, -0.25) is 5.01 Å². The molecular weight excluding hydrogens is 360 g/mol. The van der Waals surface area contributed by atoms with E-state index in [0.717, 1.165) is 17.7 Å². The van der Waals surface area contributed by atoms with Gasteiger partial charge in [-0.25, -0.2) is 10.2 Å². The van der Waals surface area contributed by atoms with Crippen LogP contribution in [0.4, 0.5) is 0 Å². The number of aryl methyl sites for hydroxylation is 2. The Hall–Kier alpha value is -2.83. The number of benzene rings is 2. The first-order valence-electron chi connectivity index (χ1n) is 8.91. The van der Waals surface area contributed by atoms with Crippen LogP contribution in [0.1, 0.15) is 29.2 Å². The van der Waals surface area contributed by atoms with Crippen molar-refractivity contribution in [3.8, 4) is 5.69 Å². The number of nitrogens with zero attached hydrogens (tertiary/aromatic N) is 4. The van der Waals surface area contributed by atoms with Crippen molar-refractivity contribution in [1.82, 2.24) is 25.9 Å². The number of amidine groups is 1. The van der Waals surface area contributed by atoms with Gasteiger partial charge in [-0.05, 0) is 30.5 Å². The van der Waals surface area contributed by atoms with Gasteiger partial charge in [-0.2, -0.15) is 5.10 Å². The molecule has 7 heteroatoms. The molecule has 1 aliphatic rings. The van der Waals surface area contributed by atoms with Crippen molar-refractivity contribution < 1.29 is 0 Å². The van der Waals surface area contributed by atoms with Gasteiger partial charge in [0.1, 0.15) is 5.15 Å². The van der Waals surface area contributed by atoms with Crippen LogP contribution in [-0.2, 0) is 13.0 Å². The summed E-state index contributed by atoms with van der Waals surface area (Å²) in [5.74, 6) is 0.710. The van der Waals surface area contributed by atoms with E-state index in [-0.39, 0.29) is 0 Å². The van der Waals surface area contributed by atoms with Crippen LogP contribution in [0.25, 0.3) is 5.69 Å². The highest BCUT2D eigenvalue weighted by atomic mass is 35.5. The van der Waals surface area contributed by atoms with Crippen molar-refractivity contribution in [2.24, 2.45) is 5.10 Å². The summed E-state index contributed by atoms with van der Waals surface area (Å²) in [6.07, 6.45) is 2.66. The van der Waals surface area contributed by atoms with Crippen molar-refractivity contribution >= 4 is 17.4 Å². The zero-order valence-electron chi connectivity index (χ0n) is 15.3. The van der Waals surface area contributed by atoms with Gasteiger partial charge in [-0.15, -0.1) is 10.6 Å². The summed E-state index contributed by atoms with van der Waals surface area (Å²) in [5.41, 5.74) is 11.2. The minimum absolute atomic E-state index is 0.536. The molecule has 2 aromatic carbocycles. The standard InChI is InChI=1S/C20H21ClN6/c1-3-16-9-4-5-10-18(16)27-19(21)17(12-22-27)20-23-24-25-26(20)13-15-8-6-7-14(2)11-15/h4-12,24-25H,3,13H2,1-2H3. The summed E-state index contributed by atoms with van der Waals surface area (Å²) < 4.78 is 1.77. The Labute approximate surface area is 163 Å². The van der Waals surface area contributed by atoms with Gasteiger partial charge < -0.3 is 0 Å². The molecule has 0 bridgehead atoms. The Morgan fingerprint density at radius 2 is 1.96 bits per heavy atom. The number of halogens is 1. The normalized spacial score (nSPS) is 13.6. The fraction of sp³-hybridized carbons (Fsp3) is 0.200. The highest BCUT2D eigenvalue weighted by molar-refractivity contribution is 6.33. The number of hydrogen-bond donors (Lipinski definition) is 2. The zero-order chi connectivity index (χ0) is 18.8. The third-order valence-electron chi connectivity index (χ3n) is 4.58. The molecule has 0 aliphatic carbocycles. The van der Waals surface area contributed by atoms with E-state index >= 15 is 0 Å². The quantitative estimate of drug-likeness (QED) is 0.710. The van der Waals surface area contributed by atoms with Crippen LogP contribution in [0.15, 0.2) is 59.8 Å². The van der Waals surface area contributed by atoms with Crippen LogP contribution >= 0.6 is 11.6 Å². The van der Waals surface area contributed by atoms with Crippen molar-refractivity contribution in [3.05, 3.63) is 82.1 Å². The maximum Gasteiger partial charge on any atom is 0.178 e. The molecule has 0 atom stereocenters. The minimum atomic E-state index is 0.536. The Kier molecular flexibility index (Phi) is 4.83. The lowest BCUT2D eigenvalue weighted by atomic mass is 10.1.